The molecule has 2 aliphatic rings. The van der Waals surface area contributed by atoms with E-state index in [1.54, 1.807) is 0 Å². The molecule has 1 saturated heterocycles. The highest BCUT2D eigenvalue weighted by atomic mass is 16.3. The third-order valence-corrected chi connectivity index (χ3v) is 4.22. The lowest BCUT2D eigenvalue weighted by molar-refractivity contribution is 0.0989. The molecule has 0 bridgehead atoms. The van der Waals surface area contributed by atoms with Crippen LogP contribution < -0.4 is 5.32 Å². The summed E-state index contributed by atoms with van der Waals surface area (Å²) in [6.07, 6.45) is 7.92. The Morgan fingerprint density at radius 2 is 2.00 bits per heavy atom. The molecule has 17 heavy (non-hydrogen) atoms. The second-order valence-corrected chi connectivity index (χ2v) is 6.31. The molecule has 1 saturated carbocycles. The summed E-state index contributed by atoms with van der Waals surface area (Å²) in [6.45, 7) is 6.93. The number of likely N-dealkylation sites (tertiary alicyclic amines) is 1. The lowest BCUT2D eigenvalue weighted by Crippen LogP contribution is -2.56. The van der Waals surface area contributed by atoms with Gasteiger partial charge in [-0.05, 0) is 46.1 Å². The van der Waals surface area contributed by atoms with Gasteiger partial charge in [0.05, 0.1) is 12.1 Å². The van der Waals surface area contributed by atoms with Crippen molar-refractivity contribution in [3.8, 4) is 0 Å². The van der Waals surface area contributed by atoms with E-state index < -0.39 is 0 Å². The lowest BCUT2D eigenvalue weighted by Gasteiger charge is -2.37. The SMILES string of the molecule is CC1CCCCCN1CC(C)(CO)NC1CC1. The summed E-state index contributed by atoms with van der Waals surface area (Å²) in [5.41, 5.74) is -0.111. The third-order valence-electron chi connectivity index (χ3n) is 4.22. The van der Waals surface area contributed by atoms with Gasteiger partial charge < -0.3 is 10.4 Å². The Bertz CT molecular complexity index is 242. The Balaban J connectivity index is 1.90. The fourth-order valence-electron chi connectivity index (χ4n) is 2.88. The third kappa shape index (κ3) is 3.94. The molecule has 2 fully saturated rings. The maximum Gasteiger partial charge on any atom is 0.0623 e. The molecule has 1 aliphatic carbocycles. The fourth-order valence-corrected chi connectivity index (χ4v) is 2.88. The molecule has 2 N–H and O–H groups in total. The van der Waals surface area contributed by atoms with E-state index >= 15 is 0 Å². The monoisotopic (exact) mass is 240 g/mol. The Hall–Kier alpha value is -0.120. The van der Waals surface area contributed by atoms with Crippen LogP contribution in [0.1, 0.15) is 52.4 Å². The van der Waals surface area contributed by atoms with E-state index in [2.05, 4.69) is 24.1 Å². The Morgan fingerprint density at radius 1 is 1.24 bits per heavy atom. The van der Waals surface area contributed by atoms with Crippen molar-refractivity contribution in [3.63, 3.8) is 0 Å². The number of nitrogens with one attached hydrogen (secondary N) is 1. The molecule has 1 aliphatic heterocycles. The van der Waals surface area contributed by atoms with Crippen LogP contribution in [0.5, 0.6) is 0 Å². The van der Waals surface area contributed by atoms with Gasteiger partial charge in [-0.3, -0.25) is 4.90 Å². The second kappa shape index (κ2) is 5.68. The van der Waals surface area contributed by atoms with Crippen molar-refractivity contribution in [2.45, 2.75) is 70.0 Å². The van der Waals surface area contributed by atoms with Crippen LogP contribution in [-0.4, -0.2) is 47.3 Å². The summed E-state index contributed by atoms with van der Waals surface area (Å²) in [5.74, 6) is 0. The largest absolute Gasteiger partial charge is 0.394 e. The maximum absolute atomic E-state index is 9.66. The molecule has 2 atom stereocenters. The zero-order chi connectivity index (χ0) is 12.3. The van der Waals surface area contributed by atoms with Crippen LogP contribution in [-0.2, 0) is 0 Å². The smallest absolute Gasteiger partial charge is 0.0623 e. The second-order valence-electron chi connectivity index (χ2n) is 6.31. The minimum atomic E-state index is -0.111. The summed E-state index contributed by atoms with van der Waals surface area (Å²) < 4.78 is 0. The standard InChI is InChI=1S/C14H28N2O/c1-12-6-4-3-5-9-16(12)10-14(2,11-17)15-13-7-8-13/h12-13,15,17H,3-11H2,1-2H3. The first-order valence-corrected chi connectivity index (χ1v) is 7.25. The van der Waals surface area contributed by atoms with Crippen molar-refractivity contribution < 1.29 is 5.11 Å². The molecule has 100 valence electrons. The van der Waals surface area contributed by atoms with Gasteiger partial charge in [0, 0.05) is 18.6 Å². The van der Waals surface area contributed by atoms with Gasteiger partial charge in [-0.25, -0.2) is 0 Å². The molecule has 0 spiro atoms. The van der Waals surface area contributed by atoms with Crippen molar-refractivity contribution in [1.82, 2.24) is 10.2 Å². The predicted molar refractivity (Wildman–Crippen MR) is 71.2 cm³/mol. The normalized spacial score (nSPS) is 30.9. The Kier molecular flexibility index (Phi) is 4.45. The first-order valence-electron chi connectivity index (χ1n) is 7.25. The fraction of sp³-hybridized carbons (Fsp3) is 1.00. The Labute approximate surface area is 106 Å². The van der Waals surface area contributed by atoms with Gasteiger partial charge in [-0.15, -0.1) is 0 Å². The van der Waals surface area contributed by atoms with Crippen LogP contribution in [0.2, 0.25) is 0 Å². The van der Waals surface area contributed by atoms with E-state index in [4.69, 9.17) is 0 Å². The summed E-state index contributed by atoms with van der Waals surface area (Å²) in [6, 6.07) is 1.33. The van der Waals surface area contributed by atoms with Gasteiger partial charge in [0.2, 0.25) is 0 Å². The minimum Gasteiger partial charge on any atom is -0.394 e. The van der Waals surface area contributed by atoms with Gasteiger partial charge in [-0.1, -0.05) is 12.8 Å². The molecule has 0 radical (unpaired) electrons. The molecular weight excluding hydrogens is 212 g/mol. The lowest BCUT2D eigenvalue weighted by atomic mass is 10.0. The van der Waals surface area contributed by atoms with Crippen molar-refractivity contribution in [3.05, 3.63) is 0 Å². The molecule has 2 rings (SSSR count). The number of nitrogens with zero attached hydrogens (tertiary/aromatic N) is 1. The molecule has 0 aromatic carbocycles. The average Bonchev–Trinajstić information content (AvgIpc) is 3.11. The number of rotatable bonds is 5. The quantitative estimate of drug-likeness (QED) is 0.768. The minimum absolute atomic E-state index is 0.111. The highest BCUT2D eigenvalue weighted by Crippen LogP contribution is 2.24. The van der Waals surface area contributed by atoms with Crippen LogP contribution in [0.15, 0.2) is 0 Å². The zero-order valence-electron chi connectivity index (χ0n) is 11.4. The summed E-state index contributed by atoms with van der Waals surface area (Å²) >= 11 is 0. The summed E-state index contributed by atoms with van der Waals surface area (Å²) in [4.78, 5) is 2.57. The van der Waals surface area contributed by atoms with Crippen LogP contribution in [0, 0.1) is 0 Å². The van der Waals surface area contributed by atoms with Gasteiger partial charge in [0.1, 0.15) is 0 Å². The predicted octanol–water partition coefficient (Wildman–Crippen LogP) is 1.75. The number of hydrogen-bond donors (Lipinski definition) is 2. The topological polar surface area (TPSA) is 35.5 Å². The van der Waals surface area contributed by atoms with E-state index in [0.717, 1.165) is 6.54 Å². The summed E-state index contributed by atoms with van der Waals surface area (Å²) in [5, 5.41) is 13.3. The zero-order valence-corrected chi connectivity index (χ0v) is 11.4. The van der Waals surface area contributed by atoms with E-state index in [9.17, 15) is 5.11 Å². The molecular formula is C14H28N2O. The van der Waals surface area contributed by atoms with Crippen molar-refractivity contribution in [2.24, 2.45) is 0 Å². The van der Waals surface area contributed by atoms with Crippen molar-refractivity contribution >= 4 is 0 Å². The number of aliphatic hydroxyl groups is 1. The molecule has 0 aromatic heterocycles. The van der Waals surface area contributed by atoms with Gasteiger partial charge in [0.25, 0.3) is 0 Å². The van der Waals surface area contributed by atoms with Crippen LogP contribution >= 0.6 is 0 Å². The van der Waals surface area contributed by atoms with Crippen LogP contribution in [0.4, 0.5) is 0 Å². The van der Waals surface area contributed by atoms with Gasteiger partial charge in [0.15, 0.2) is 0 Å². The molecule has 1 heterocycles. The highest BCUT2D eigenvalue weighted by Gasteiger charge is 2.34. The van der Waals surface area contributed by atoms with E-state index in [0.29, 0.717) is 12.1 Å². The van der Waals surface area contributed by atoms with E-state index in [1.165, 1.54) is 45.1 Å². The van der Waals surface area contributed by atoms with Crippen molar-refractivity contribution in [2.75, 3.05) is 19.7 Å². The molecule has 0 amide bonds. The molecule has 3 heteroatoms. The maximum atomic E-state index is 9.66. The van der Waals surface area contributed by atoms with E-state index in [1.807, 2.05) is 0 Å². The van der Waals surface area contributed by atoms with Gasteiger partial charge >= 0.3 is 0 Å². The highest BCUT2D eigenvalue weighted by molar-refractivity contribution is 4.95. The Morgan fingerprint density at radius 3 is 2.65 bits per heavy atom. The summed E-state index contributed by atoms with van der Waals surface area (Å²) in [7, 11) is 0. The first kappa shape index (κ1) is 13.3. The molecule has 2 unspecified atom stereocenters. The number of hydrogen-bond acceptors (Lipinski definition) is 3. The van der Waals surface area contributed by atoms with Crippen molar-refractivity contribution in [1.29, 1.82) is 0 Å². The van der Waals surface area contributed by atoms with E-state index in [-0.39, 0.29) is 12.1 Å². The molecule has 0 aromatic rings. The van der Waals surface area contributed by atoms with Crippen LogP contribution in [0.3, 0.4) is 0 Å². The van der Waals surface area contributed by atoms with Crippen LogP contribution in [0.25, 0.3) is 0 Å². The van der Waals surface area contributed by atoms with Gasteiger partial charge in [-0.2, -0.15) is 0 Å². The number of aliphatic hydroxyl groups excluding tert-OH is 1. The molecule has 3 nitrogen and oxygen atoms in total. The average molecular weight is 240 g/mol. The first-order chi connectivity index (χ1) is 8.13.